The first kappa shape index (κ1) is 68.8. The molecule has 0 aliphatic heterocycles. The SMILES string of the molecule is CC/C=C\C/C=C\C/C=C\C/C=C\CCC(=O)OC(COC(=O)CCCCCCCCCCCC)COC(=O)CCCCCCCCCCCCCCCCCCCCC/C=C\C/C=C\CCCCCCC. The highest BCUT2D eigenvalue weighted by atomic mass is 16.6. The molecule has 72 heavy (non-hydrogen) atoms. The summed E-state index contributed by atoms with van der Waals surface area (Å²) in [5.41, 5.74) is 0. The largest absolute Gasteiger partial charge is 0.462 e. The maximum absolute atomic E-state index is 12.8. The van der Waals surface area contributed by atoms with Gasteiger partial charge >= 0.3 is 17.9 Å². The summed E-state index contributed by atoms with van der Waals surface area (Å²) >= 11 is 0. The maximum atomic E-state index is 12.8. The molecule has 0 aromatic carbocycles. The number of esters is 3. The summed E-state index contributed by atoms with van der Waals surface area (Å²) in [6.07, 6.45) is 78.1. The molecule has 0 aliphatic rings. The summed E-state index contributed by atoms with van der Waals surface area (Å²) in [7, 11) is 0. The van der Waals surface area contributed by atoms with Gasteiger partial charge in [-0.1, -0.05) is 286 Å². The lowest BCUT2D eigenvalue weighted by Gasteiger charge is -2.18. The van der Waals surface area contributed by atoms with Crippen molar-refractivity contribution >= 4 is 17.9 Å². The predicted molar refractivity (Wildman–Crippen MR) is 311 cm³/mol. The zero-order valence-electron chi connectivity index (χ0n) is 47.7. The Kier molecular flexibility index (Phi) is 57.8. The van der Waals surface area contributed by atoms with E-state index in [1.54, 1.807) is 0 Å². The quantitative estimate of drug-likeness (QED) is 0.0261. The van der Waals surface area contributed by atoms with Crippen molar-refractivity contribution in [2.75, 3.05) is 13.2 Å². The van der Waals surface area contributed by atoms with Crippen LogP contribution in [0.3, 0.4) is 0 Å². The highest BCUT2D eigenvalue weighted by molar-refractivity contribution is 5.71. The minimum atomic E-state index is -0.809. The number of ether oxygens (including phenoxy) is 3. The summed E-state index contributed by atoms with van der Waals surface area (Å²) in [6, 6.07) is 0. The molecule has 0 rings (SSSR count). The first-order valence-electron chi connectivity index (χ1n) is 30.9. The predicted octanol–water partition coefficient (Wildman–Crippen LogP) is 20.9. The molecule has 0 fully saturated rings. The van der Waals surface area contributed by atoms with Gasteiger partial charge in [-0.25, -0.2) is 0 Å². The number of rotatable bonds is 56. The van der Waals surface area contributed by atoms with Crippen LogP contribution in [0, 0.1) is 0 Å². The Hall–Kier alpha value is -3.15. The van der Waals surface area contributed by atoms with Crippen molar-refractivity contribution in [3.63, 3.8) is 0 Å². The molecule has 0 saturated carbocycles. The molecule has 416 valence electrons. The fourth-order valence-corrected chi connectivity index (χ4v) is 8.84. The van der Waals surface area contributed by atoms with Gasteiger partial charge in [-0.2, -0.15) is 0 Å². The zero-order valence-corrected chi connectivity index (χ0v) is 47.7. The highest BCUT2D eigenvalue weighted by Gasteiger charge is 2.19. The van der Waals surface area contributed by atoms with E-state index in [0.29, 0.717) is 19.3 Å². The number of hydrogen-bond donors (Lipinski definition) is 0. The van der Waals surface area contributed by atoms with Gasteiger partial charge in [0.2, 0.25) is 0 Å². The van der Waals surface area contributed by atoms with Gasteiger partial charge in [0.05, 0.1) is 0 Å². The highest BCUT2D eigenvalue weighted by Crippen LogP contribution is 2.17. The monoisotopic (exact) mass is 1000 g/mol. The van der Waals surface area contributed by atoms with Gasteiger partial charge in [0.1, 0.15) is 13.2 Å². The summed E-state index contributed by atoms with van der Waals surface area (Å²) < 4.78 is 16.8. The molecule has 0 bridgehead atoms. The van der Waals surface area contributed by atoms with Crippen LogP contribution in [0.15, 0.2) is 72.9 Å². The molecule has 0 aromatic rings. The lowest BCUT2D eigenvalue weighted by atomic mass is 10.0. The van der Waals surface area contributed by atoms with Gasteiger partial charge in [0.15, 0.2) is 6.10 Å². The van der Waals surface area contributed by atoms with Crippen molar-refractivity contribution in [2.45, 2.75) is 316 Å². The Bertz CT molecular complexity index is 1340. The van der Waals surface area contributed by atoms with E-state index in [0.717, 1.165) is 70.6 Å². The fourth-order valence-electron chi connectivity index (χ4n) is 8.84. The van der Waals surface area contributed by atoms with E-state index < -0.39 is 6.10 Å². The summed E-state index contributed by atoms with van der Waals surface area (Å²) in [5.74, 6) is -0.974. The van der Waals surface area contributed by atoms with Gasteiger partial charge in [-0.3, -0.25) is 14.4 Å². The molecule has 0 saturated heterocycles. The molecular formula is C66H116O6. The molecule has 6 nitrogen and oxygen atoms in total. The Balaban J connectivity index is 4.10. The lowest BCUT2D eigenvalue weighted by Crippen LogP contribution is -2.30. The molecule has 6 heteroatoms. The van der Waals surface area contributed by atoms with Crippen LogP contribution in [-0.2, 0) is 28.6 Å². The first-order chi connectivity index (χ1) is 35.5. The van der Waals surface area contributed by atoms with E-state index in [1.165, 1.54) is 193 Å². The minimum Gasteiger partial charge on any atom is -0.462 e. The van der Waals surface area contributed by atoms with Crippen LogP contribution in [0.2, 0.25) is 0 Å². The van der Waals surface area contributed by atoms with Gasteiger partial charge in [-0.15, -0.1) is 0 Å². The smallest absolute Gasteiger partial charge is 0.306 e. The van der Waals surface area contributed by atoms with Gasteiger partial charge in [-0.05, 0) is 77.0 Å². The molecule has 0 N–H and O–H groups in total. The number of unbranched alkanes of at least 4 members (excludes halogenated alkanes) is 33. The second-order valence-electron chi connectivity index (χ2n) is 20.6. The number of carbonyl (C=O) groups is 3. The number of allylic oxidation sites excluding steroid dienone is 12. The van der Waals surface area contributed by atoms with Crippen molar-refractivity contribution in [1.82, 2.24) is 0 Å². The molecule has 0 radical (unpaired) electrons. The van der Waals surface area contributed by atoms with Crippen LogP contribution in [0.5, 0.6) is 0 Å². The topological polar surface area (TPSA) is 78.9 Å². The Morgan fingerprint density at radius 1 is 0.292 bits per heavy atom. The van der Waals surface area contributed by atoms with E-state index in [2.05, 4.69) is 87.6 Å². The molecule has 1 unspecified atom stereocenters. The maximum Gasteiger partial charge on any atom is 0.306 e. The zero-order chi connectivity index (χ0) is 52.2. The van der Waals surface area contributed by atoms with E-state index in [9.17, 15) is 14.4 Å². The molecule has 0 aromatic heterocycles. The number of carbonyl (C=O) groups excluding carboxylic acids is 3. The van der Waals surface area contributed by atoms with E-state index in [-0.39, 0.29) is 37.5 Å². The van der Waals surface area contributed by atoms with Gasteiger partial charge < -0.3 is 14.2 Å². The Morgan fingerprint density at radius 2 is 0.569 bits per heavy atom. The van der Waals surface area contributed by atoms with Crippen molar-refractivity contribution in [2.24, 2.45) is 0 Å². The third kappa shape index (κ3) is 57.7. The van der Waals surface area contributed by atoms with Gasteiger partial charge in [0, 0.05) is 19.3 Å². The molecule has 0 aliphatic carbocycles. The van der Waals surface area contributed by atoms with Crippen molar-refractivity contribution in [1.29, 1.82) is 0 Å². The molecule has 0 amide bonds. The number of hydrogen-bond acceptors (Lipinski definition) is 6. The first-order valence-corrected chi connectivity index (χ1v) is 30.9. The van der Waals surface area contributed by atoms with E-state index >= 15 is 0 Å². The third-order valence-corrected chi connectivity index (χ3v) is 13.5. The molecule has 0 heterocycles. The van der Waals surface area contributed by atoms with Crippen LogP contribution < -0.4 is 0 Å². The van der Waals surface area contributed by atoms with Crippen molar-refractivity contribution in [3.05, 3.63) is 72.9 Å². The summed E-state index contributed by atoms with van der Waals surface area (Å²) in [6.45, 7) is 6.46. The van der Waals surface area contributed by atoms with Crippen LogP contribution in [0.1, 0.15) is 310 Å². The second kappa shape index (κ2) is 60.4. The normalized spacial score (nSPS) is 12.5. The summed E-state index contributed by atoms with van der Waals surface area (Å²) in [4.78, 5) is 38.0. The Labute approximate surface area is 446 Å². The van der Waals surface area contributed by atoms with E-state index in [1.807, 2.05) is 6.08 Å². The van der Waals surface area contributed by atoms with Crippen molar-refractivity contribution < 1.29 is 28.6 Å². The van der Waals surface area contributed by atoms with Crippen LogP contribution in [0.25, 0.3) is 0 Å². The van der Waals surface area contributed by atoms with Crippen molar-refractivity contribution in [3.8, 4) is 0 Å². The average Bonchev–Trinajstić information content (AvgIpc) is 3.38. The fraction of sp³-hybridized carbons (Fsp3) is 0.773. The molecule has 0 spiro atoms. The Morgan fingerprint density at radius 3 is 0.903 bits per heavy atom. The van der Waals surface area contributed by atoms with Crippen LogP contribution in [0.4, 0.5) is 0 Å². The lowest BCUT2D eigenvalue weighted by molar-refractivity contribution is -0.166. The average molecular weight is 1010 g/mol. The minimum absolute atomic E-state index is 0.100. The second-order valence-corrected chi connectivity index (χ2v) is 20.6. The van der Waals surface area contributed by atoms with Crippen LogP contribution >= 0.6 is 0 Å². The summed E-state index contributed by atoms with van der Waals surface area (Å²) in [5, 5.41) is 0. The molecule has 1 atom stereocenters. The standard InChI is InChI=1S/C66H116O6/c1-4-7-10-13-16-19-22-24-25-26-27-28-29-30-31-32-33-34-35-36-37-38-39-40-41-43-44-47-50-53-56-59-65(68)71-62-63(61-70-64(67)58-55-52-49-46-21-18-15-12-9-6-3)72-66(69)60-57-54-51-48-45-42-23-20-17-14-11-8-5-2/h8,11,17,20,22,24,26-27,42,45,51,54,63H,4-7,9-10,12-16,18-19,21,23,25,28-41,43-44,46-50,52-53,55-62H2,1-3H3/b11-8-,20-17-,24-22-,27-26-,45-42-,54-51-. The van der Waals surface area contributed by atoms with Gasteiger partial charge in [0.25, 0.3) is 0 Å². The van der Waals surface area contributed by atoms with Crippen LogP contribution in [-0.4, -0.2) is 37.2 Å². The molecular weight excluding hydrogens is 889 g/mol. The van der Waals surface area contributed by atoms with E-state index in [4.69, 9.17) is 14.2 Å². The third-order valence-electron chi connectivity index (χ3n) is 13.5.